The standard InChI is InChI=1S/C46H74N8O6S/c1-13-31(6)40(53(10)45(58)38(29(2)3)51-43(57)39(30(4)5)52(9)28-46(8)48-21-22-49-46)36(59-11)27-37(55)54-24-17-20-35(54)41(60-12)32(7)42(56)50-34(44-47-23-25-61-44)26-33-18-15-14-16-19-33/h14-16,18-19,21-23,25,29-32,34-36,38-41,48-49H,13,17,20,24,26-28H2,1-12H3,(H,50,56)(H,51,57)/t31-,32?,34-,35-,36+,38-,39-,40-,41+/m0/s1. The molecule has 340 valence electrons. The Morgan fingerprint density at radius 3 is 2.20 bits per heavy atom. The molecule has 1 aromatic heterocycles. The zero-order chi connectivity index (χ0) is 45.0. The third-order valence-corrected chi connectivity index (χ3v) is 13.6. The number of hydrogen-bond acceptors (Lipinski definition) is 11. The van der Waals surface area contributed by atoms with E-state index in [4.69, 9.17) is 9.47 Å². The zero-order valence-corrected chi connectivity index (χ0v) is 39.5. The van der Waals surface area contributed by atoms with E-state index in [1.54, 1.807) is 32.4 Å². The van der Waals surface area contributed by atoms with Crippen molar-refractivity contribution in [3.05, 3.63) is 64.9 Å². The number of benzene rings is 1. The normalized spacial score (nSPS) is 20.0. The molecule has 0 spiro atoms. The fraction of sp³-hybridized carbons (Fsp3) is 0.674. The lowest BCUT2D eigenvalue weighted by molar-refractivity contribution is -0.148. The van der Waals surface area contributed by atoms with Crippen LogP contribution >= 0.6 is 11.3 Å². The Labute approximate surface area is 369 Å². The molecule has 61 heavy (non-hydrogen) atoms. The maximum absolute atomic E-state index is 14.6. The molecule has 1 saturated heterocycles. The molecule has 2 aliphatic heterocycles. The van der Waals surface area contributed by atoms with Crippen LogP contribution in [-0.4, -0.2) is 127 Å². The van der Waals surface area contributed by atoms with Crippen LogP contribution in [0.1, 0.15) is 97.7 Å². The van der Waals surface area contributed by atoms with Crippen LogP contribution in [0.2, 0.25) is 0 Å². The predicted molar refractivity (Wildman–Crippen MR) is 241 cm³/mol. The zero-order valence-electron chi connectivity index (χ0n) is 38.6. The third kappa shape index (κ3) is 12.8. The minimum atomic E-state index is -0.798. The van der Waals surface area contributed by atoms with Crippen molar-refractivity contribution in [2.75, 3.05) is 41.4 Å². The molecule has 3 heterocycles. The fourth-order valence-corrected chi connectivity index (χ4v) is 9.92. The molecule has 1 fully saturated rings. The number of likely N-dealkylation sites (N-methyl/N-ethyl adjacent to an activating group) is 2. The van der Waals surface area contributed by atoms with Crippen molar-refractivity contribution in [3.8, 4) is 0 Å². The molecule has 0 saturated carbocycles. The summed E-state index contributed by atoms with van der Waals surface area (Å²) in [7, 11) is 6.87. The third-order valence-electron chi connectivity index (χ3n) is 12.7. The van der Waals surface area contributed by atoms with Gasteiger partial charge in [-0.1, -0.05) is 85.2 Å². The summed E-state index contributed by atoms with van der Waals surface area (Å²) in [5.74, 6) is -1.55. The number of nitrogens with zero attached hydrogens (tertiary/aromatic N) is 4. The second-order valence-electron chi connectivity index (χ2n) is 18.0. The van der Waals surface area contributed by atoms with Gasteiger partial charge >= 0.3 is 0 Å². The largest absolute Gasteiger partial charge is 0.379 e. The highest BCUT2D eigenvalue weighted by Crippen LogP contribution is 2.31. The Bertz CT molecular complexity index is 1720. The van der Waals surface area contributed by atoms with Crippen LogP contribution in [-0.2, 0) is 35.1 Å². The van der Waals surface area contributed by atoms with E-state index in [9.17, 15) is 19.2 Å². The van der Waals surface area contributed by atoms with Crippen molar-refractivity contribution in [2.45, 2.75) is 136 Å². The number of rotatable bonds is 23. The molecular weight excluding hydrogens is 793 g/mol. The minimum Gasteiger partial charge on any atom is -0.379 e. The smallest absolute Gasteiger partial charge is 0.245 e. The highest BCUT2D eigenvalue weighted by atomic mass is 32.1. The lowest BCUT2D eigenvalue weighted by Crippen LogP contribution is -2.62. The van der Waals surface area contributed by atoms with Crippen molar-refractivity contribution in [1.29, 1.82) is 0 Å². The molecule has 0 bridgehead atoms. The second kappa shape index (κ2) is 22.9. The summed E-state index contributed by atoms with van der Waals surface area (Å²) in [4.78, 5) is 67.1. The predicted octanol–water partition coefficient (Wildman–Crippen LogP) is 4.94. The van der Waals surface area contributed by atoms with Gasteiger partial charge in [0.25, 0.3) is 0 Å². The van der Waals surface area contributed by atoms with E-state index in [0.29, 0.717) is 25.9 Å². The van der Waals surface area contributed by atoms with Gasteiger partial charge in [0.2, 0.25) is 23.6 Å². The van der Waals surface area contributed by atoms with Crippen molar-refractivity contribution < 1.29 is 28.7 Å². The van der Waals surface area contributed by atoms with Gasteiger partial charge in [-0.3, -0.25) is 24.1 Å². The maximum Gasteiger partial charge on any atom is 0.245 e. The molecule has 15 heteroatoms. The second-order valence-corrected chi connectivity index (χ2v) is 18.9. The summed E-state index contributed by atoms with van der Waals surface area (Å²) in [5, 5.41) is 15.7. The van der Waals surface area contributed by atoms with Crippen LogP contribution < -0.4 is 21.3 Å². The van der Waals surface area contributed by atoms with Crippen molar-refractivity contribution in [3.63, 3.8) is 0 Å². The molecule has 4 amide bonds. The first kappa shape index (κ1) is 49.6. The number of likely N-dealkylation sites (tertiary alicyclic amines) is 1. The van der Waals surface area contributed by atoms with Gasteiger partial charge in [0.05, 0.1) is 48.7 Å². The van der Waals surface area contributed by atoms with E-state index >= 15 is 0 Å². The topological polar surface area (TPSA) is 157 Å². The quantitative estimate of drug-likeness (QED) is 0.121. The van der Waals surface area contributed by atoms with Gasteiger partial charge in [-0.15, -0.1) is 11.3 Å². The van der Waals surface area contributed by atoms with Crippen LogP contribution in [0.15, 0.2) is 54.3 Å². The van der Waals surface area contributed by atoms with E-state index in [0.717, 1.165) is 23.4 Å². The van der Waals surface area contributed by atoms with Crippen molar-refractivity contribution in [1.82, 2.24) is 41.0 Å². The Balaban J connectivity index is 1.48. The van der Waals surface area contributed by atoms with E-state index in [1.165, 1.54) is 11.3 Å². The highest BCUT2D eigenvalue weighted by molar-refractivity contribution is 7.09. The average Bonchev–Trinajstić information content (AvgIpc) is 4.03. The van der Waals surface area contributed by atoms with Crippen molar-refractivity contribution >= 4 is 35.0 Å². The van der Waals surface area contributed by atoms with Gasteiger partial charge in [-0.2, -0.15) is 0 Å². The Hall–Kier alpha value is -4.05. The molecule has 9 atom stereocenters. The number of carbonyl (C=O) groups excluding carboxylic acids is 4. The molecule has 0 radical (unpaired) electrons. The first-order valence-corrected chi connectivity index (χ1v) is 22.9. The molecule has 4 rings (SSSR count). The van der Waals surface area contributed by atoms with Gasteiger partial charge in [-0.05, 0) is 56.6 Å². The van der Waals surface area contributed by atoms with Gasteiger partial charge in [-0.25, -0.2) is 4.98 Å². The summed E-state index contributed by atoms with van der Waals surface area (Å²) < 4.78 is 12.2. The number of ether oxygens (including phenoxy) is 2. The van der Waals surface area contributed by atoms with Gasteiger partial charge in [0.15, 0.2) is 0 Å². The molecule has 0 aliphatic carbocycles. The van der Waals surface area contributed by atoms with Crippen LogP contribution in [0.25, 0.3) is 0 Å². The minimum absolute atomic E-state index is 0.0232. The Kier molecular flexibility index (Phi) is 18.6. The van der Waals surface area contributed by atoms with Gasteiger partial charge in [0.1, 0.15) is 16.7 Å². The molecular formula is C46H74N8O6S. The number of aromatic nitrogens is 1. The number of nitrogens with one attached hydrogen (secondary N) is 4. The molecule has 4 N–H and O–H groups in total. The maximum atomic E-state index is 14.6. The monoisotopic (exact) mass is 867 g/mol. The Morgan fingerprint density at radius 1 is 0.967 bits per heavy atom. The first-order valence-electron chi connectivity index (χ1n) is 22.0. The summed E-state index contributed by atoms with van der Waals surface area (Å²) in [6.45, 7) is 17.0. The highest BCUT2D eigenvalue weighted by Gasteiger charge is 2.44. The van der Waals surface area contributed by atoms with Crippen molar-refractivity contribution in [2.24, 2.45) is 23.7 Å². The lowest BCUT2D eigenvalue weighted by atomic mass is 9.89. The van der Waals surface area contributed by atoms with E-state index < -0.39 is 41.9 Å². The van der Waals surface area contributed by atoms with Crippen LogP contribution in [0, 0.1) is 23.7 Å². The van der Waals surface area contributed by atoms with E-state index in [2.05, 4.69) is 40.1 Å². The Morgan fingerprint density at radius 2 is 1.64 bits per heavy atom. The number of amides is 4. The molecule has 2 aromatic rings. The summed E-state index contributed by atoms with van der Waals surface area (Å²) in [6.07, 6.45) is 7.11. The molecule has 2 aliphatic rings. The molecule has 14 nitrogen and oxygen atoms in total. The first-order chi connectivity index (χ1) is 29.0. The number of thiazole rings is 1. The van der Waals surface area contributed by atoms with Crippen LogP contribution in [0.5, 0.6) is 0 Å². The summed E-state index contributed by atoms with van der Waals surface area (Å²) in [5.41, 5.74) is 0.666. The SMILES string of the molecule is CC[C@H](C)[C@@H]([C@@H](CC(=O)N1CCC[C@H]1[C@H](OC)C(C)C(=O)N[C@@H](Cc1ccccc1)c1nccs1)OC)N(C)C(=O)[C@@H](NC(=O)[C@H](C(C)C)N(C)CC1(C)NC=CN1)C(C)C. The van der Waals surface area contributed by atoms with Gasteiger partial charge in [0, 0.05) is 58.3 Å². The number of methoxy groups -OCH3 is 2. The van der Waals surface area contributed by atoms with Crippen LogP contribution in [0.3, 0.4) is 0 Å². The van der Waals surface area contributed by atoms with E-state index in [-0.39, 0.29) is 59.9 Å². The van der Waals surface area contributed by atoms with E-state index in [1.807, 2.05) is 107 Å². The average molecular weight is 867 g/mol. The number of carbonyl (C=O) groups is 4. The van der Waals surface area contributed by atoms with Gasteiger partial charge < -0.3 is 40.5 Å². The summed E-state index contributed by atoms with van der Waals surface area (Å²) >= 11 is 1.51. The van der Waals surface area contributed by atoms with Crippen LogP contribution in [0.4, 0.5) is 0 Å². The summed E-state index contributed by atoms with van der Waals surface area (Å²) in [6, 6.07) is 7.64. The molecule has 1 aromatic carbocycles. The number of hydrogen-bond donors (Lipinski definition) is 4. The lowest BCUT2D eigenvalue weighted by Gasteiger charge is -2.41. The fourth-order valence-electron chi connectivity index (χ4n) is 9.23. The molecule has 1 unspecified atom stereocenters.